The maximum Gasteiger partial charge on any atom is 0.358 e. The molecule has 2 heterocycles. The summed E-state index contributed by atoms with van der Waals surface area (Å²) in [6.45, 7) is 0.800. The highest BCUT2D eigenvalue weighted by Crippen LogP contribution is 2.49. The van der Waals surface area contributed by atoms with Gasteiger partial charge in [-0.3, -0.25) is 0 Å². The molecule has 2 fully saturated rings. The fourth-order valence-electron chi connectivity index (χ4n) is 4.06. The van der Waals surface area contributed by atoms with E-state index in [-0.39, 0.29) is 5.69 Å². The summed E-state index contributed by atoms with van der Waals surface area (Å²) < 4.78 is 1.82. The minimum Gasteiger partial charge on any atom is -0.476 e. The maximum absolute atomic E-state index is 11.4. The number of aromatic carboxylic acids is 1. The molecule has 5 nitrogen and oxygen atoms in total. The number of carbonyl (C=O) groups is 1. The van der Waals surface area contributed by atoms with Crippen molar-refractivity contribution in [3.63, 3.8) is 0 Å². The molecule has 0 aromatic carbocycles. The monoisotopic (exact) mass is 303 g/mol. The molecule has 21 heavy (non-hydrogen) atoms. The summed E-state index contributed by atoms with van der Waals surface area (Å²) in [6, 6.07) is 3.87. The van der Waals surface area contributed by atoms with E-state index < -0.39 is 5.97 Å². The molecule has 0 aliphatic heterocycles. The van der Waals surface area contributed by atoms with E-state index in [1.165, 1.54) is 37.0 Å². The van der Waals surface area contributed by atoms with E-state index in [2.05, 4.69) is 10.3 Å². The van der Waals surface area contributed by atoms with Crippen LogP contribution in [0.1, 0.15) is 36.2 Å². The van der Waals surface area contributed by atoms with Crippen molar-refractivity contribution >= 4 is 17.3 Å². The highest BCUT2D eigenvalue weighted by atomic mass is 32.1. The highest BCUT2D eigenvalue weighted by molar-refractivity contribution is 7.13. The third-order valence-electron chi connectivity index (χ3n) is 4.98. The molecule has 1 N–H and O–H groups in total. The van der Waals surface area contributed by atoms with Gasteiger partial charge in [-0.25, -0.2) is 9.48 Å². The quantitative estimate of drug-likeness (QED) is 0.942. The van der Waals surface area contributed by atoms with Gasteiger partial charge in [0.05, 0.1) is 4.88 Å². The lowest BCUT2D eigenvalue weighted by Gasteiger charge is -2.21. The van der Waals surface area contributed by atoms with Crippen LogP contribution in [-0.2, 0) is 6.54 Å². The maximum atomic E-state index is 11.4. The third kappa shape index (κ3) is 2.18. The second kappa shape index (κ2) is 4.94. The number of fused-ring (bicyclic) bond motifs is 2. The summed E-state index contributed by atoms with van der Waals surface area (Å²) in [7, 11) is 0. The highest BCUT2D eigenvalue weighted by Gasteiger charge is 2.40. The van der Waals surface area contributed by atoms with Gasteiger partial charge in [0.2, 0.25) is 0 Å². The fourth-order valence-corrected chi connectivity index (χ4v) is 4.84. The van der Waals surface area contributed by atoms with E-state index in [1.54, 1.807) is 0 Å². The molecule has 6 heteroatoms. The Labute approximate surface area is 126 Å². The molecular formula is C15H17N3O2S. The third-order valence-corrected chi connectivity index (χ3v) is 5.86. The van der Waals surface area contributed by atoms with Gasteiger partial charge in [-0.05, 0) is 48.5 Å². The van der Waals surface area contributed by atoms with Gasteiger partial charge < -0.3 is 5.11 Å². The molecule has 110 valence electrons. The summed E-state index contributed by atoms with van der Waals surface area (Å²) in [4.78, 5) is 12.3. The van der Waals surface area contributed by atoms with E-state index in [0.717, 1.165) is 23.3 Å². The smallest absolute Gasteiger partial charge is 0.358 e. The molecule has 3 unspecified atom stereocenters. The normalized spacial score (nSPS) is 27.3. The second-order valence-corrected chi connectivity index (χ2v) is 7.13. The molecule has 2 aliphatic rings. The molecule has 0 radical (unpaired) electrons. The van der Waals surface area contributed by atoms with Gasteiger partial charge in [-0.2, -0.15) is 0 Å². The van der Waals surface area contributed by atoms with Gasteiger partial charge in [-0.15, -0.1) is 16.4 Å². The SMILES string of the molecule is O=C(O)c1nnn(CC2CC3CCC2C3)c1-c1cccs1. The van der Waals surface area contributed by atoms with Gasteiger partial charge in [0, 0.05) is 6.54 Å². The first-order chi connectivity index (χ1) is 10.2. The Bertz CT molecular complexity index is 665. The summed E-state index contributed by atoms with van der Waals surface area (Å²) in [5, 5.41) is 19.3. The molecule has 4 rings (SSSR count). The molecule has 2 aromatic heterocycles. The number of hydrogen-bond acceptors (Lipinski definition) is 4. The van der Waals surface area contributed by atoms with Crippen molar-refractivity contribution in [1.82, 2.24) is 15.0 Å². The summed E-state index contributed by atoms with van der Waals surface area (Å²) in [5.41, 5.74) is 0.737. The number of thiophene rings is 1. The van der Waals surface area contributed by atoms with Crippen molar-refractivity contribution in [2.24, 2.45) is 17.8 Å². The van der Waals surface area contributed by atoms with Crippen molar-refractivity contribution in [2.45, 2.75) is 32.2 Å². The van der Waals surface area contributed by atoms with Crippen LogP contribution in [0.4, 0.5) is 0 Å². The standard InChI is InChI=1S/C15H17N3O2S/c19-15(20)13-14(12-2-1-5-21-12)18(17-16-13)8-11-7-9-3-4-10(11)6-9/h1-2,5,9-11H,3-4,6-8H2,(H,19,20). The Morgan fingerprint density at radius 1 is 1.43 bits per heavy atom. The van der Waals surface area contributed by atoms with E-state index in [4.69, 9.17) is 0 Å². The van der Waals surface area contributed by atoms with Crippen molar-refractivity contribution in [3.8, 4) is 10.6 Å². The molecule has 0 amide bonds. The number of rotatable bonds is 4. The fraction of sp³-hybridized carbons (Fsp3) is 0.533. The number of carboxylic acids is 1. The van der Waals surface area contributed by atoms with E-state index in [0.29, 0.717) is 11.6 Å². The van der Waals surface area contributed by atoms with Crippen LogP contribution in [0.2, 0.25) is 0 Å². The summed E-state index contributed by atoms with van der Waals surface area (Å²) in [5.74, 6) is 1.31. The zero-order valence-corrected chi connectivity index (χ0v) is 12.4. The number of nitrogens with zero attached hydrogens (tertiary/aromatic N) is 3. The molecule has 2 aliphatic carbocycles. The van der Waals surface area contributed by atoms with E-state index in [9.17, 15) is 9.90 Å². The molecule has 2 aromatic rings. The molecule has 2 bridgehead atoms. The van der Waals surface area contributed by atoms with Gasteiger partial charge in [0.25, 0.3) is 0 Å². The van der Waals surface area contributed by atoms with Crippen LogP contribution in [0, 0.1) is 17.8 Å². The first kappa shape index (κ1) is 13.0. The first-order valence-electron chi connectivity index (χ1n) is 7.43. The van der Waals surface area contributed by atoms with Crippen LogP contribution in [0.25, 0.3) is 10.6 Å². The lowest BCUT2D eigenvalue weighted by molar-refractivity contribution is 0.0691. The molecule has 0 spiro atoms. The summed E-state index contributed by atoms with van der Waals surface area (Å²) >= 11 is 1.54. The van der Waals surface area contributed by atoms with Crippen molar-refractivity contribution < 1.29 is 9.90 Å². The minimum atomic E-state index is -1.00. The lowest BCUT2D eigenvalue weighted by Crippen LogP contribution is -2.18. The van der Waals surface area contributed by atoms with Gasteiger partial charge in [0.1, 0.15) is 5.69 Å². The zero-order chi connectivity index (χ0) is 14.4. The molecular weight excluding hydrogens is 286 g/mol. The zero-order valence-electron chi connectivity index (χ0n) is 11.6. The van der Waals surface area contributed by atoms with Gasteiger partial charge in [-0.1, -0.05) is 17.7 Å². The molecule has 0 saturated heterocycles. The van der Waals surface area contributed by atoms with Crippen LogP contribution >= 0.6 is 11.3 Å². The second-order valence-electron chi connectivity index (χ2n) is 6.19. The average Bonchev–Trinajstić information content (AvgIpc) is 3.22. The van der Waals surface area contributed by atoms with Gasteiger partial charge >= 0.3 is 5.97 Å². The minimum absolute atomic E-state index is 0.0700. The predicted molar refractivity (Wildman–Crippen MR) is 79.2 cm³/mol. The van der Waals surface area contributed by atoms with Gasteiger partial charge in [0.15, 0.2) is 5.69 Å². The Kier molecular flexibility index (Phi) is 3.06. The first-order valence-corrected chi connectivity index (χ1v) is 8.31. The summed E-state index contributed by atoms with van der Waals surface area (Å²) in [6.07, 6.45) is 5.30. The Hall–Kier alpha value is -1.69. The Balaban J connectivity index is 1.67. The lowest BCUT2D eigenvalue weighted by atomic mass is 9.89. The topological polar surface area (TPSA) is 68.0 Å². The van der Waals surface area contributed by atoms with E-state index in [1.807, 2.05) is 22.2 Å². The number of carboxylic acid groups (broad SMARTS) is 1. The molecule has 2 saturated carbocycles. The largest absolute Gasteiger partial charge is 0.476 e. The van der Waals surface area contributed by atoms with Crippen LogP contribution in [0.5, 0.6) is 0 Å². The Morgan fingerprint density at radius 3 is 2.95 bits per heavy atom. The Morgan fingerprint density at radius 2 is 2.33 bits per heavy atom. The van der Waals surface area contributed by atoms with Crippen molar-refractivity contribution in [2.75, 3.05) is 0 Å². The van der Waals surface area contributed by atoms with Crippen molar-refractivity contribution in [3.05, 3.63) is 23.2 Å². The number of hydrogen-bond donors (Lipinski definition) is 1. The predicted octanol–water partition coefficient (Wildman–Crippen LogP) is 3.14. The molecule has 3 atom stereocenters. The number of aromatic nitrogens is 3. The van der Waals surface area contributed by atoms with Crippen LogP contribution in [0.15, 0.2) is 17.5 Å². The van der Waals surface area contributed by atoms with Crippen LogP contribution < -0.4 is 0 Å². The van der Waals surface area contributed by atoms with Crippen LogP contribution in [-0.4, -0.2) is 26.1 Å². The van der Waals surface area contributed by atoms with E-state index >= 15 is 0 Å². The average molecular weight is 303 g/mol. The van der Waals surface area contributed by atoms with Crippen LogP contribution in [0.3, 0.4) is 0 Å². The van der Waals surface area contributed by atoms with Crippen molar-refractivity contribution in [1.29, 1.82) is 0 Å².